The van der Waals surface area contributed by atoms with Gasteiger partial charge >= 0.3 is 0 Å². The van der Waals surface area contributed by atoms with E-state index in [4.69, 9.17) is 4.74 Å². The van der Waals surface area contributed by atoms with Crippen LogP contribution in [0.15, 0.2) is 114 Å². The fourth-order valence-corrected chi connectivity index (χ4v) is 5.44. The van der Waals surface area contributed by atoms with Crippen molar-refractivity contribution in [2.24, 2.45) is 0 Å². The number of carbonyl (C=O) groups is 1. The zero-order valence-corrected chi connectivity index (χ0v) is 21.7. The number of benzene rings is 4. The molecule has 0 fully saturated rings. The van der Waals surface area contributed by atoms with E-state index in [0.29, 0.717) is 18.0 Å². The van der Waals surface area contributed by atoms with Crippen LogP contribution in [0.1, 0.15) is 29.7 Å². The first kappa shape index (κ1) is 26.0. The highest BCUT2D eigenvalue weighted by atomic mass is 32.2. The number of ether oxygens (including phenoxy) is 1. The number of amides is 1. The quantitative estimate of drug-likeness (QED) is 0.303. The molecule has 1 amide bonds. The molecule has 0 bridgehead atoms. The van der Waals surface area contributed by atoms with E-state index in [1.54, 1.807) is 24.3 Å². The van der Waals surface area contributed by atoms with Crippen molar-refractivity contribution in [3.63, 3.8) is 0 Å². The molecule has 0 unspecified atom stereocenters. The van der Waals surface area contributed by atoms with Crippen LogP contribution in [-0.4, -0.2) is 27.5 Å². The van der Waals surface area contributed by atoms with Crippen LogP contribution >= 0.6 is 0 Å². The highest BCUT2D eigenvalue weighted by Crippen LogP contribution is 2.27. The number of nitrogens with one attached hydrogen (secondary N) is 1. The van der Waals surface area contributed by atoms with Crippen LogP contribution in [0.3, 0.4) is 0 Å². The van der Waals surface area contributed by atoms with Crippen LogP contribution in [0, 0.1) is 6.92 Å². The lowest BCUT2D eigenvalue weighted by Gasteiger charge is -2.26. The van der Waals surface area contributed by atoms with Crippen LogP contribution < -0.4 is 14.4 Å². The predicted octanol–water partition coefficient (Wildman–Crippen LogP) is 5.49. The Labute approximate surface area is 218 Å². The van der Waals surface area contributed by atoms with Crippen molar-refractivity contribution in [2.75, 3.05) is 17.5 Å². The summed E-state index contributed by atoms with van der Waals surface area (Å²) in [5, 5.41) is 3.05. The molecule has 0 saturated carbocycles. The SMILES string of the molecule is CCOc1ccc(S(=O)(=O)N(CC(=O)NC(c2ccccc2)c2ccccc2)c2ccc(C)cc2)cc1. The molecule has 0 saturated heterocycles. The van der Waals surface area contributed by atoms with Gasteiger partial charge in [0.15, 0.2) is 0 Å². The van der Waals surface area contributed by atoms with E-state index in [0.717, 1.165) is 21.0 Å². The Bertz CT molecular complexity index is 1370. The van der Waals surface area contributed by atoms with Crippen molar-refractivity contribution in [3.8, 4) is 5.75 Å². The molecule has 0 aliphatic carbocycles. The maximum Gasteiger partial charge on any atom is 0.264 e. The van der Waals surface area contributed by atoms with E-state index in [9.17, 15) is 13.2 Å². The Kier molecular flexibility index (Phi) is 8.25. The van der Waals surface area contributed by atoms with Gasteiger partial charge in [-0.25, -0.2) is 8.42 Å². The average Bonchev–Trinajstić information content (AvgIpc) is 2.92. The zero-order chi connectivity index (χ0) is 26.3. The maximum atomic E-state index is 13.8. The number of nitrogens with zero attached hydrogens (tertiary/aromatic N) is 1. The van der Waals surface area contributed by atoms with Gasteiger partial charge < -0.3 is 10.1 Å². The van der Waals surface area contributed by atoms with E-state index in [2.05, 4.69) is 5.32 Å². The highest BCUT2D eigenvalue weighted by Gasteiger charge is 2.28. The summed E-state index contributed by atoms with van der Waals surface area (Å²) in [4.78, 5) is 13.5. The topological polar surface area (TPSA) is 75.7 Å². The van der Waals surface area contributed by atoms with Crippen LogP contribution in [-0.2, 0) is 14.8 Å². The lowest BCUT2D eigenvalue weighted by Crippen LogP contribution is -2.42. The highest BCUT2D eigenvalue weighted by molar-refractivity contribution is 7.92. The maximum absolute atomic E-state index is 13.8. The first-order valence-corrected chi connectivity index (χ1v) is 13.5. The number of aryl methyl sites for hydroxylation is 1. The summed E-state index contributed by atoms with van der Waals surface area (Å²) in [6.07, 6.45) is 0. The summed E-state index contributed by atoms with van der Waals surface area (Å²) >= 11 is 0. The third-order valence-electron chi connectivity index (χ3n) is 5.90. The van der Waals surface area contributed by atoms with Crippen LogP contribution in [0.4, 0.5) is 5.69 Å². The van der Waals surface area contributed by atoms with Crippen molar-refractivity contribution < 1.29 is 17.9 Å². The van der Waals surface area contributed by atoms with Gasteiger partial charge in [-0.2, -0.15) is 0 Å². The standard InChI is InChI=1S/C30H30N2O4S/c1-3-36-27-18-20-28(21-19-27)37(34,35)32(26-16-14-23(2)15-17-26)22-29(33)31-30(24-10-6-4-7-11-24)25-12-8-5-9-13-25/h4-21,30H,3,22H2,1-2H3,(H,31,33). The Hall–Kier alpha value is -4.10. The molecule has 0 heterocycles. The fourth-order valence-electron chi connectivity index (χ4n) is 4.01. The number of rotatable bonds is 10. The lowest BCUT2D eigenvalue weighted by molar-refractivity contribution is -0.120. The van der Waals surface area contributed by atoms with Gasteiger partial charge in [-0.05, 0) is 61.4 Å². The van der Waals surface area contributed by atoms with Crippen LogP contribution in [0.5, 0.6) is 5.75 Å². The summed E-state index contributed by atoms with van der Waals surface area (Å²) < 4.78 is 34.1. The Morgan fingerprint density at radius 3 is 1.86 bits per heavy atom. The van der Waals surface area contributed by atoms with Gasteiger partial charge in [-0.15, -0.1) is 0 Å². The number of hydrogen-bond acceptors (Lipinski definition) is 4. The summed E-state index contributed by atoms with van der Waals surface area (Å²) in [7, 11) is -4.04. The lowest BCUT2D eigenvalue weighted by atomic mass is 9.99. The molecule has 0 radical (unpaired) electrons. The monoisotopic (exact) mass is 514 g/mol. The van der Waals surface area contributed by atoms with E-state index in [1.165, 1.54) is 12.1 Å². The van der Waals surface area contributed by atoms with Gasteiger partial charge in [0.2, 0.25) is 5.91 Å². The average molecular weight is 515 g/mol. The van der Waals surface area contributed by atoms with Gasteiger partial charge in [0.1, 0.15) is 12.3 Å². The van der Waals surface area contributed by atoms with E-state index in [1.807, 2.05) is 86.6 Å². The molecule has 0 aliphatic rings. The van der Waals surface area contributed by atoms with Gasteiger partial charge in [0.25, 0.3) is 10.0 Å². The molecule has 1 N–H and O–H groups in total. The van der Waals surface area contributed by atoms with Gasteiger partial charge in [0, 0.05) is 0 Å². The molecule has 0 aliphatic heterocycles. The van der Waals surface area contributed by atoms with Crippen molar-refractivity contribution in [1.82, 2.24) is 5.32 Å². The van der Waals surface area contributed by atoms with Crippen molar-refractivity contribution in [1.29, 1.82) is 0 Å². The third kappa shape index (κ3) is 6.37. The summed E-state index contributed by atoms with van der Waals surface area (Å²) in [6.45, 7) is 3.88. The Morgan fingerprint density at radius 1 is 0.811 bits per heavy atom. The second-order valence-corrected chi connectivity index (χ2v) is 10.4. The van der Waals surface area contributed by atoms with Crippen molar-refractivity contribution in [3.05, 3.63) is 126 Å². The molecule has 4 rings (SSSR count). The van der Waals surface area contributed by atoms with E-state index < -0.39 is 22.0 Å². The Morgan fingerprint density at radius 2 is 1.35 bits per heavy atom. The first-order chi connectivity index (χ1) is 17.9. The first-order valence-electron chi connectivity index (χ1n) is 12.1. The predicted molar refractivity (Wildman–Crippen MR) is 146 cm³/mol. The van der Waals surface area contributed by atoms with Crippen LogP contribution in [0.2, 0.25) is 0 Å². The van der Waals surface area contributed by atoms with E-state index in [-0.39, 0.29) is 11.4 Å². The summed E-state index contributed by atoms with van der Waals surface area (Å²) in [5.74, 6) is 0.155. The summed E-state index contributed by atoms with van der Waals surface area (Å²) in [5.41, 5.74) is 3.20. The molecule has 0 aromatic heterocycles. The molecule has 0 spiro atoms. The zero-order valence-electron chi connectivity index (χ0n) is 20.9. The number of anilines is 1. The van der Waals surface area contributed by atoms with Gasteiger partial charge in [-0.3, -0.25) is 9.10 Å². The smallest absolute Gasteiger partial charge is 0.264 e. The largest absolute Gasteiger partial charge is 0.494 e. The molecular weight excluding hydrogens is 484 g/mol. The molecule has 6 nitrogen and oxygen atoms in total. The minimum absolute atomic E-state index is 0.0759. The Balaban J connectivity index is 1.66. The van der Waals surface area contributed by atoms with Gasteiger partial charge in [0.05, 0.1) is 23.2 Å². The van der Waals surface area contributed by atoms with Crippen LogP contribution in [0.25, 0.3) is 0 Å². The van der Waals surface area contributed by atoms with E-state index >= 15 is 0 Å². The second kappa shape index (κ2) is 11.8. The molecular formula is C30H30N2O4S. The normalized spacial score (nSPS) is 11.2. The summed E-state index contributed by atoms with van der Waals surface area (Å²) in [6, 6.07) is 32.1. The molecule has 37 heavy (non-hydrogen) atoms. The number of hydrogen-bond donors (Lipinski definition) is 1. The fraction of sp³-hybridized carbons (Fsp3) is 0.167. The number of sulfonamides is 1. The minimum Gasteiger partial charge on any atom is -0.494 e. The molecule has 190 valence electrons. The molecule has 4 aromatic rings. The third-order valence-corrected chi connectivity index (χ3v) is 7.69. The van der Waals surface area contributed by atoms with Crippen molar-refractivity contribution >= 4 is 21.6 Å². The van der Waals surface area contributed by atoms with Crippen molar-refractivity contribution in [2.45, 2.75) is 24.8 Å². The molecule has 4 aromatic carbocycles. The minimum atomic E-state index is -4.04. The number of carbonyl (C=O) groups excluding carboxylic acids is 1. The molecule has 0 atom stereocenters. The van der Waals surface area contributed by atoms with Gasteiger partial charge in [-0.1, -0.05) is 78.4 Å². The second-order valence-electron chi connectivity index (χ2n) is 8.57. The molecule has 7 heteroatoms.